The molecule has 0 unspecified atom stereocenters. The Morgan fingerprint density at radius 3 is 2.48 bits per heavy atom. The van der Waals surface area contributed by atoms with E-state index in [0.717, 1.165) is 11.0 Å². The number of aromatic nitrogens is 2. The van der Waals surface area contributed by atoms with Crippen LogP contribution in [-0.4, -0.2) is 15.5 Å². The predicted octanol–water partition coefficient (Wildman–Crippen LogP) is 5.30. The number of rotatable bonds is 4. The Morgan fingerprint density at radius 1 is 1.00 bits per heavy atom. The standard InChI is InChI=1S/C22H18ClN3O/c1-15-6-2-3-7-17(15)14-26-20-9-5-4-8-19(20)24-22(26)25-21(27)16-10-12-18(23)13-11-16/h2-13H,14H2,1H3,(H,24,25,27). The SMILES string of the molecule is Cc1ccccc1Cn1c(NC(=O)c2ccc(Cl)cc2)nc2ccccc21. The fourth-order valence-corrected chi connectivity index (χ4v) is 3.19. The number of fused-ring (bicyclic) bond motifs is 1. The first-order chi connectivity index (χ1) is 13.1. The lowest BCUT2D eigenvalue weighted by Gasteiger charge is -2.12. The third-order valence-corrected chi connectivity index (χ3v) is 4.83. The quantitative estimate of drug-likeness (QED) is 0.526. The molecule has 5 heteroatoms. The average molecular weight is 376 g/mol. The summed E-state index contributed by atoms with van der Waals surface area (Å²) in [7, 11) is 0. The summed E-state index contributed by atoms with van der Waals surface area (Å²) in [6, 6.07) is 22.9. The molecule has 4 nitrogen and oxygen atoms in total. The van der Waals surface area contributed by atoms with Crippen LogP contribution in [0.4, 0.5) is 5.95 Å². The zero-order chi connectivity index (χ0) is 18.8. The van der Waals surface area contributed by atoms with Gasteiger partial charge in [-0.05, 0) is 54.4 Å². The first-order valence-electron chi connectivity index (χ1n) is 8.68. The molecular formula is C22H18ClN3O. The third-order valence-electron chi connectivity index (χ3n) is 4.58. The first-order valence-corrected chi connectivity index (χ1v) is 9.06. The van der Waals surface area contributed by atoms with Gasteiger partial charge >= 0.3 is 0 Å². The highest BCUT2D eigenvalue weighted by Crippen LogP contribution is 2.23. The Hall–Kier alpha value is -3.11. The molecule has 0 aliphatic heterocycles. The average Bonchev–Trinajstić information content (AvgIpc) is 3.01. The summed E-state index contributed by atoms with van der Waals surface area (Å²) in [5.74, 6) is 0.312. The van der Waals surface area contributed by atoms with Gasteiger partial charge in [-0.15, -0.1) is 0 Å². The lowest BCUT2D eigenvalue weighted by molar-refractivity contribution is 0.102. The molecule has 1 heterocycles. The van der Waals surface area contributed by atoms with Crippen LogP contribution >= 0.6 is 11.6 Å². The van der Waals surface area contributed by atoms with Gasteiger partial charge < -0.3 is 4.57 Å². The molecule has 0 bridgehead atoms. The van der Waals surface area contributed by atoms with Gasteiger partial charge in [0.25, 0.3) is 5.91 Å². The van der Waals surface area contributed by atoms with E-state index in [-0.39, 0.29) is 5.91 Å². The maximum absolute atomic E-state index is 12.7. The summed E-state index contributed by atoms with van der Waals surface area (Å²) in [5.41, 5.74) is 4.74. The third kappa shape index (κ3) is 3.57. The molecule has 0 fully saturated rings. The van der Waals surface area contributed by atoms with Gasteiger partial charge in [-0.2, -0.15) is 0 Å². The molecule has 1 amide bonds. The number of hydrogen-bond acceptors (Lipinski definition) is 2. The molecule has 0 radical (unpaired) electrons. The number of nitrogens with zero attached hydrogens (tertiary/aromatic N) is 2. The van der Waals surface area contributed by atoms with Crippen LogP contribution < -0.4 is 5.32 Å². The van der Waals surface area contributed by atoms with Gasteiger partial charge in [-0.1, -0.05) is 48.0 Å². The van der Waals surface area contributed by atoms with Crippen LogP contribution in [0.2, 0.25) is 5.02 Å². The van der Waals surface area contributed by atoms with Gasteiger partial charge in [0.05, 0.1) is 17.6 Å². The van der Waals surface area contributed by atoms with Crippen molar-refractivity contribution >= 4 is 34.5 Å². The minimum Gasteiger partial charge on any atom is -0.305 e. The number of carbonyl (C=O) groups excluding carboxylic acids is 1. The molecular weight excluding hydrogens is 358 g/mol. The van der Waals surface area contributed by atoms with E-state index >= 15 is 0 Å². The highest BCUT2D eigenvalue weighted by molar-refractivity contribution is 6.30. The predicted molar refractivity (Wildman–Crippen MR) is 109 cm³/mol. The molecule has 0 spiro atoms. The zero-order valence-corrected chi connectivity index (χ0v) is 15.6. The Morgan fingerprint density at radius 2 is 1.70 bits per heavy atom. The molecule has 134 valence electrons. The summed E-state index contributed by atoms with van der Waals surface area (Å²) < 4.78 is 2.03. The minimum absolute atomic E-state index is 0.215. The molecule has 1 N–H and O–H groups in total. The number of amides is 1. The number of anilines is 1. The second kappa shape index (κ2) is 7.25. The van der Waals surface area contributed by atoms with Crippen molar-refractivity contribution in [2.24, 2.45) is 0 Å². The number of benzene rings is 3. The van der Waals surface area contributed by atoms with Crippen molar-refractivity contribution in [1.82, 2.24) is 9.55 Å². The van der Waals surface area contributed by atoms with Gasteiger partial charge in [0, 0.05) is 10.6 Å². The van der Waals surface area contributed by atoms with E-state index in [2.05, 4.69) is 29.4 Å². The number of imidazole rings is 1. The summed E-state index contributed by atoms with van der Waals surface area (Å²) in [6.07, 6.45) is 0. The van der Waals surface area contributed by atoms with E-state index in [4.69, 9.17) is 11.6 Å². The highest BCUT2D eigenvalue weighted by Gasteiger charge is 2.15. The topological polar surface area (TPSA) is 46.9 Å². The fourth-order valence-electron chi connectivity index (χ4n) is 3.06. The Labute approximate surface area is 162 Å². The number of aryl methyl sites for hydroxylation is 1. The Bertz CT molecular complexity index is 1120. The van der Waals surface area contributed by atoms with Crippen LogP contribution in [0, 0.1) is 6.92 Å². The zero-order valence-electron chi connectivity index (χ0n) is 14.8. The maximum Gasteiger partial charge on any atom is 0.257 e. The number of nitrogens with one attached hydrogen (secondary N) is 1. The van der Waals surface area contributed by atoms with E-state index in [0.29, 0.717) is 23.1 Å². The van der Waals surface area contributed by atoms with Crippen molar-refractivity contribution in [3.05, 3.63) is 94.5 Å². The van der Waals surface area contributed by atoms with Gasteiger partial charge in [0.15, 0.2) is 0 Å². The van der Waals surface area contributed by atoms with Crippen molar-refractivity contribution in [2.45, 2.75) is 13.5 Å². The molecule has 0 aliphatic rings. The molecule has 27 heavy (non-hydrogen) atoms. The number of halogens is 1. The van der Waals surface area contributed by atoms with Crippen molar-refractivity contribution in [3.8, 4) is 0 Å². The smallest absolute Gasteiger partial charge is 0.257 e. The fraction of sp³-hybridized carbons (Fsp3) is 0.0909. The maximum atomic E-state index is 12.7. The summed E-state index contributed by atoms with van der Waals surface area (Å²) in [4.78, 5) is 17.3. The van der Waals surface area contributed by atoms with Crippen LogP contribution in [-0.2, 0) is 6.54 Å². The molecule has 4 aromatic rings. The second-order valence-electron chi connectivity index (χ2n) is 6.40. The Kier molecular flexibility index (Phi) is 4.65. The van der Waals surface area contributed by atoms with Crippen molar-refractivity contribution in [3.63, 3.8) is 0 Å². The van der Waals surface area contributed by atoms with Crippen molar-refractivity contribution in [1.29, 1.82) is 0 Å². The number of carbonyl (C=O) groups is 1. The normalized spacial score (nSPS) is 10.9. The van der Waals surface area contributed by atoms with E-state index in [1.54, 1.807) is 24.3 Å². The molecule has 0 saturated carbocycles. The van der Waals surface area contributed by atoms with Crippen LogP contribution in [0.3, 0.4) is 0 Å². The molecule has 3 aromatic carbocycles. The number of hydrogen-bond donors (Lipinski definition) is 1. The van der Waals surface area contributed by atoms with Gasteiger partial charge in [-0.25, -0.2) is 4.98 Å². The lowest BCUT2D eigenvalue weighted by atomic mass is 10.1. The van der Waals surface area contributed by atoms with Crippen molar-refractivity contribution in [2.75, 3.05) is 5.32 Å². The highest BCUT2D eigenvalue weighted by atomic mass is 35.5. The molecule has 0 aliphatic carbocycles. The van der Waals surface area contributed by atoms with Gasteiger partial charge in [0.1, 0.15) is 0 Å². The molecule has 0 saturated heterocycles. The van der Waals surface area contributed by atoms with Gasteiger partial charge in [-0.3, -0.25) is 10.1 Å². The van der Waals surface area contributed by atoms with Crippen molar-refractivity contribution < 1.29 is 4.79 Å². The van der Waals surface area contributed by atoms with E-state index < -0.39 is 0 Å². The van der Waals surface area contributed by atoms with E-state index in [1.807, 2.05) is 41.0 Å². The van der Waals surface area contributed by atoms with Crippen LogP contribution in [0.15, 0.2) is 72.8 Å². The largest absolute Gasteiger partial charge is 0.305 e. The van der Waals surface area contributed by atoms with Crippen LogP contribution in [0.25, 0.3) is 11.0 Å². The minimum atomic E-state index is -0.215. The second-order valence-corrected chi connectivity index (χ2v) is 6.83. The van der Waals surface area contributed by atoms with Gasteiger partial charge in [0.2, 0.25) is 5.95 Å². The monoisotopic (exact) mass is 375 g/mol. The van der Waals surface area contributed by atoms with E-state index in [1.165, 1.54) is 11.1 Å². The molecule has 4 rings (SSSR count). The van der Waals surface area contributed by atoms with E-state index in [9.17, 15) is 4.79 Å². The lowest BCUT2D eigenvalue weighted by Crippen LogP contribution is -2.16. The summed E-state index contributed by atoms with van der Waals surface area (Å²) in [5, 5.41) is 3.54. The molecule has 1 aromatic heterocycles. The Balaban J connectivity index is 1.72. The summed E-state index contributed by atoms with van der Waals surface area (Å²) >= 11 is 5.91. The summed E-state index contributed by atoms with van der Waals surface area (Å²) in [6.45, 7) is 2.71. The molecule has 0 atom stereocenters. The van der Waals surface area contributed by atoms with Crippen LogP contribution in [0.5, 0.6) is 0 Å². The van der Waals surface area contributed by atoms with Crippen LogP contribution in [0.1, 0.15) is 21.5 Å². The first kappa shape index (κ1) is 17.3. The number of para-hydroxylation sites is 2.